The van der Waals surface area contributed by atoms with E-state index < -0.39 is 4.92 Å². The van der Waals surface area contributed by atoms with Crippen molar-refractivity contribution in [2.75, 3.05) is 11.9 Å². The van der Waals surface area contributed by atoms with E-state index in [1.165, 1.54) is 18.5 Å². The average Bonchev–Trinajstić information content (AvgIpc) is 2.43. The third kappa shape index (κ3) is 2.96. The Labute approximate surface area is 111 Å². The number of rotatable bonds is 5. The lowest BCUT2D eigenvalue weighted by atomic mass is 10.1. The summed E-state index contributed by atoms with van der Waals surface area (Å²) in [5.41, 5.74) is 0.751. The van der Waals surface area contributed by atoms with Gasteiger partial charge < -0.3 is 5.32 Å². The lowest BCUT2D eigenvalue weighted by Gasteiger charge is -2.11. The van der Waals surface area contributed by atoms with Crippen LogP contribution in [0.2, 0.25) is 0 Å². The molecule has 0 amide bonds. The quantitative estimate of drug-likeness (QED) is 0.660. The molecule has 0 aliphatic heterocycles. The van der Waals surface area contributed by atoms with Crippen LogP contribution in [0.4, 0.5) is 11.5 Å². The van der Waals surface area contributed by atoms with Crippen molar-refractivity contribution in [1.82, 2.24) is 9.97 Å². The molecule has 6 nitrogen and oxygen atoms in total. The van der Waals surface area contributed by atoms with E-state index in [1.54, 1.807) is 6.07 Å². The topological polar surface area (TPSA) is 81.0 Å². The fourth-order valence-corrected chi connectivity index (χ4v) is 1.71. The summed E-state index contributed by atoms with van der Waals surface area (Å²) in [6, 6.07) is 4.60. The number of hydrogen-bond acceptors (Lipinski definition) is 5. The fourth-order valence-electron chi connectivity index (χ4n) is 1.71. The molecule has 0 radical (unpaired) electrons. The summed E-state index contributed by atoms with van der Waals surface area (Å²) in [6.07, 6.45) is 2.53. The number of non-ortho nitro benzene ring substituents is 1. The number of anilines is 1. The molecule has 2 aromatic rings. The lowest BCUT2D eigenvalue weighted by Crippen LogP contribution is -2.11. The minimum absolute atomic E-state index is 0.0499. The van der Waals surface area contributed by atoms with Gasteiger partial charge in [-0.3, -0.25) is 10.1 Å². The number of nitro groups is 1. The van der Waals surface area contributed by atoms with Crippen molar-refractivity contribution in [3.63, 3.8) is 0 Å². The molecule has 1 unspecified atom stereocenters. The van der Waals surface area contributed by atoms with Crippen molar-refractivity contribution in [3.05, 3.63) is 34.6 Å². The number of fused-ring (bicyclic) bond motifs is 1. The predicted molar refractivity (Wildman–Crippen MR) is 74.1 cm³/mol. The molecule has 0 aliphatic rings. The van der Waals surface area contributed by atoms with Crippen molar-refractivity contribution < 1.29 is 4.92 Å². The van der Waals surface area contributed by atoms with Gasteiger partial charge in [-0.2, -0.15) is 0 Å². The summed E-state index contributed by atoms with van der Waals surface area (Å²) in [5.74, 6) is 1.16. The Morgan fingerprint density at radius 2 is 2.21 bits per heavy atom. The molecular weight excluding hydrogens is 244 g/mol. The summed E-state index contributed by atoms with van der Waals surface area (Å²) in [4.78, 5) is 18.7. The van der Waals surface area contributed by atoms with Gasteiger partial charge in [0, 0.05) is 24.1 Å². The van der Waals surface area contributed by atoms with Crippen LogP contribution in [0.5, 0.6) is 0 Å². The van der Waals surface area contributed by atoms with Gasteiger partial charge in [0.2, 0.25) is 0 Å². The number of nitro benzene ring substituents is 1. The molecule has 0 bridgehead atoms. The van der Waals surface area contributed by atoms with Crippen LogP contribution in [0.25, 0.3) is 10.9 Å². The van der Waals surface area contributed by atoms with Gasteiger partial charge in [-0.15, -0.1) is 0 Å². The molecule has 2 rings (SSSR count). The van der Waals surface area contributed by atoms with E-state index in [-0.39, 0.29) is 5.69 Å². The minimum Gasteiger partial charge on any atom is -0.369 e. The molecule has 1 atom stereocenters. The maximum absolute atomic E-state index is 10.8. The molecule has 6 heteroatoms. The van der Waals surface area contributed by atoms with Crippen LogP contribution in [0.15, 0.2) is 24.5 Å². The van der Waals surface area contributed by atoms with Crippen LogP contribution in [0.1, 0.15) is 20.3 Å². The molecular formula is C13H16N4O2. The van der Waals surface area contributed by atoms with Crippen molar-refractivity contribution in [3.8, 4) is 0 Å². The van der Waals surface area contributed by atoms with Gasteiger partial charge in [-0.1, -0.05) is 20.3 Å². The Morgan fingerprint density at radius 1 is 1.42 bits per heavy atom. The predicted octanol–water partition coefficient (Wildman–Crippen LogP) is 3.00. The molecule has 19 heavy (non-hydrogen) atoms. The number of aromatic nitrogens is 2. The largest absolute Gasteiger partial charge is 0.369 e. The van der Waals surface area contributed by atoms with Crippen molar-refractivity contribution >= 4 is 22.4 Å². The normalized spacial score (nSPS) is 12.3. The van der Waals surface area contributed by atoms with E-state index in [2.05, 4.69) is 29.1 Å². The lowest BCUT2D eigenvalue weighted by molar-refractivity contribution is -0.384. The van der Waals surface area contributed by atoms with Crippen LogP contribution >= 0.6 is 0 Å². The Bertz CT molecular complexity index is 600. The third-order valence-corrected chi connectivity index (χ3v) is 3.14. The molecule has 1 aromatic carbocycles. The van der Waals surface area contributed by atoms with Crippen LogP contribution in [-0.2, 0) is 0 Å². The minimum atomic E-state index is -0.412. The first-order chi connectivity index (χ1) is 9.11. The molecule has 0 spiro atoms. The van der Waals surface area contributed by atoms with Crippen molar-refractivity contribution in [2.45, 2.75) is 20.3 Å². The van der Waals surface area contributed by atoms with Gasteiger partial charge in [0.1, 0.15) is 12.1 Å². The summed E-state index contributed by atoms with van der Waals surface area (Å²) in [6.45, 7) is 5.04. The van der Waals surface area contributed by atoms with E-state index in [9.17, 15) is 10.1 Å². The van der Waals surface area contributed by atoms with E-state index >= 15 is 0 Å². The van der Waals surface area contributed by atoms with Crippen LogP contribution in [0.3, 0.4) is 0 Å². The van der Waals surface area contributed by atoms with Crippen LogP contribution in [-0.4, -0.2) is 21.4 Å². The zero-order valence-corrected chi connectivity index (χ0v) is 11.0. The molecule has 100 valence electrons. The van der Waals surface area contributed by atoms with Gasteiger partial charge >= 0.3 is 0 Å². The third-order valence-electron chi connectivity index (χ3n) is 3.14. The van der Waals surface area contributed by atoms with E-state index in [0.717, 1.165) is 13.0 Å². The molecule has 0 saturated heterocycles. The first-order valence-electron chi connectivity index (χ1n) is 6.24. The first-order valence-corrected chi connectivity index (χ1v) is 6.24. The van der Waals surface area contributed by atoms with Crippen molar-refractivity contribution in [2.24, 2.45) is 5.92 Å². The molecule has 1 N–H and O–H groups in total. The highest BCUT2D eigenvalue weighted by Gasteiger charge is 2.10. The van der Waals surface area contributed by atoms with Gasteiger partial charge in [0.25, 0.3) is 5.69 Å². The highest BCUT2D eigenvalue weighted by molar-refractivity contribution is 5.90. The molecule has 1 heterocycles. The Hall–Kier alpha value is -2.24. The summed E-state index contributed by atoms with van der Waals surface area (Å²) in [5, 5.41) is 14.7. The molecule has 0 fully saturated rings. The number of nitrogens with one attached hydrogen (secondary N) is 1. The summed E-state index contributed by atoms with van der Waals surface area (Å²) >= 11 is 0. The van der Waals surface area contributed by atoms with Gasteiger partial charge in [-0.25, -0.2) is 9.97 Å². The highest BCUT2D eigenvalue weighted by Crippen LogP contribution is 2.24. The second-order valence-electron chi connectivity index (χ2n) is 4.58. The Morgan fingerprint density at radius 3 is 2.89 bits per heavy atom. The second kappa shape index (κ2) is 5.60. The zero-order valence-electron chi connectivity index (χ0n) is 11.0. The number of benzene rings is 1. The van der Waals surface area contributed by atoms with E-state index in [4.69, 9.17) is 0 Å². The van der Waals surface area contributed by atoms with Crippen LogP contribution < -0.4 is 5.32 Å². The monoisotopic (exact) mass is 260 g/mol. The highest BCUT2D eigenvalue weighted by atomic mass is 16.6. The summed E-state index contributed by atoms with van der Waals surface area (Å²) < 4.78 is 0. The van der Waals surface area contributed by atoms with Gasteiger partial charge in [0.15, 0.2) is 0 Å². The number of nitrogens with zero attached hydrogens (tertiary/aromatic N) is 3. The van der Waals surface area contributed by atoms with Crippen LogP contribution in [0, 0.1) is 16.0 Å². The SMILES string of the molecule is CCC(C)CNc1ncnc2ccc([N+](=O)[O-])cc12. The zero-order chi connectivity index (χ0) is 13.8. The molecule has 0 aliphatic carbocycles. The van der Waals surface area contributed by atoms with Gasteiger partial charge in [-0.05, 0) is 12.0 Å². The maximum atomic E-state index is 10.8. The fraction of sp³-hybridized carbons (Fsp3) is 0.385. The Kier molecular flexibility index (Phi) is 3.89. The standard InChI is InChI=1S/C13H16N4O2/c1-3-9(2)7-14-13-11-6-10(17(18)19)4-5-12(11)15-8-16-13/h4-6,8-9H,3,7H2,1-2H3,(H,14,15,16). The average molecular weight is 260 g/mol. The van der Waals surface area contributed by atoms with Crippen molar-refractivity contribution in [1.29, 1.82) is 0 Å². The second-order valence-corrected chi connectivity index (χ2v) is 4.58. The number of hydrogen-bond donors (Lipinski definition) is 1. The molecule has 0 saturated carbocycles. The molecule has 1 aromatic heterocycles. The first kappa shape index (κ1) is 13.2. The Balaban J connectivity index is 2.37. The van der Waals surface area contributed by atoms with Gasteiger partial charge in [0.05, 0.1) is 10.4 Å². The summed E-state index contributed by atoms with van der Waals surface area (Å²) in [7, 11) is 0. The van der Waals surface area contributed by atoms with E-state index in [1.807, 2.05) is 0 Å². The maximum Gasteiger partial charge on any atom is 0.270 e. The smallest absolute Gasteiger partial charge is 0.270 e. The van der Waals surface area contributed by atoms with E-state index in [0.29, 0.717) is 22.6 Å².